The number of aromatic amines is 1. The summed E-state index contributed by atoms with van der Waals surface area (Å²) in [6.45, 7) is 3.75. The first kappa shape index (κ1) is 21.8. The van der Waals surface area contributed by atoms with Crippen LogP contribution in [0.25, 0.3) is 0 Å². The van der Waals surface area contributed by atoms with Gasteiger partial charge in [-0.2, -0.15) is 0 Å². The Bertz CT molecular complexity index is 1140. The lowest BCUT2D eigenvalue weighted by Crippen LogP contribution is -2.31. The second kappa shape index (κ2) is 8.87. The molecule has 0 aliphatic heterocycles. The average molecular weight is 430 g/mol. The highest BCUT2D eigenvalue weighted by Gasteiger charge is 2.17. The number of amides is 1. The largest absolute Gasteiger partial charge is 0.496 e. The lowest BCUT2D eigenvalue weighted by Gasteiger charge is -2.15. The second-order valence-corrected chi connectivity index (χ2v) is 9.44. The average Bonchev–Trinajstić information content (AvgIpc) is 2.70. The van der Waals surface area contributed by atoms with Gasteiger partial charge in [0.1, 0.15) is 11.3 Å². The fourth-order valence-electron chi connectivity index (χ4n) is 3.76. The number of aromatic nitrogens is 1. The summed E-state index contributed by atoms with van der Waals surface area (Å²) in [5.41, 5.74) is 3.23. The molecule has 1 unspecified atom stereocenters. The van der Waals surface area contributed by atoms with Crippen LogP contribution in [0.15, 0.2) is 39.4 Å². The number of fused-ring (bicyclic) bond motifs is 1. The maximum atomic E-state index is 12.8. The maximum Gasteiger partial charge on any atom is 0.261 e. The molecule has 1 atom stereocenters. The first-order valence-electron chi connectivity index (χ1n) is 9.87. The minimum Gasteiger partial charge on any atom is -0.496 e. The molecule has 2 aromatic rings. The summed E-state index contributed by atoms with van der Waals surface area (Å²) in [7, 11) is -1.60. The topological polar surface area (TPSA) is 112 Å². The molecule has 0 saturated carbocycles. The number of nitrogens with one attached hydrogen (secondary N) is 3. The fourth-order valence-corrected chi connectivity index (χ4v) is 4.99. The quantitative estimate of drug-likeness (QED) is 0.654. The van der Waals surface area contributed by atoms with E-state index in [-0.39, 0.29) is 12.1 Å². The number of methoxy groups -OCH3 is 1. The molecule has 0 bridgehead atoms. The zero-order chi connectivity index (χ0) is 21.9. The van der Waals surface area contributed by atoms with Crippen LogP contribution in [0, 0.1) is 18.6 Å². The minimum absolute atomic E-state index is 0.0688. The van der Waals surface area contributed by atoms with Crippen LogP contribution in [0.1, 0.15) is 45.6 Å². The Morgan fingerprint density at radius 2 is 1.90 bits per heavy atom. The van der Waals surface area contributed by atoms with Crippen LogP contribution in [0.3, 0.4) is 0 Å². The van der Waals surface area contributed by atoms with Gasteiger partial charge in [0.05, 0.1) is 21.7 Å². The van der Waals surface area contributed by atoms with E-state index >= 15 is 0 Å². The van der Waals surface area contributed by atoms with Gasteiger partial charge < -0.3 is 15.0 Å². The van der Waals surface area contributed by atoms with E-state index in [1.54, 1.807) is 25.3 Å². The van der Waals surface area contributed by atoms with Crippen molar-refractivity contribution in [2.24, 2.45) is 0 Å². The van der Waals surface area contributed by atoms with Gasteiger partial charge in [0.2, 0.25) is 0 Å². The molecular formula is C22H27N3O4S. The highest BCUT2D eigenvalue weighted by molar-refractivity contribution is 7.95. The lowest BCUT2D eigenvalue weighted by molar-refractivity contribution is 0.0956. The van der Waals surface area contributed by atoms with Crippen LogP contribution < -0.4 is 15.6 Å². The van der Waals surface area contributed by atoms with Crippen molar-refractivity contribution in [3.63, 3.8) is 0 Å². The number of pyridine rings is 1. The van der Waals surface area contributed by atoms with Crippen molar-refractivity contribution < 1.29 is 13.7 Å². The van der Waals surface area contributed by atoms with Gasteiger partial charge in [0.25, 0.3) is 11.5 Å². The number of aryl methyl sites for hydroxylation is 4. The molecule has 0 fully saturated rings. The van der Waals surface area contributed by atoms with E-state index in [1.807, 2.05) is 13.8 Å². The Hall–Kier alpha value is -2.87. The number of hydrogen-bond donors (Lipinski definition) is 3. The molecule has 1 aliphatic rings. The zero-order valence-electron chi connectivity index (χ0n) is 17.5. The van der Waals surface area contributed by atoms with Gasteiger partial charge in [0.15, 0.2) is 0 Å². The molecule has 3 rings (SSSR count). The summed E-state index contributed by atoms with van der Waals surface area (Å²) in [5.74, 6) is 0.224. The van der Waals surface area contributed by atoms with Gasteiger partial charge in [-0.15, -0.1) is 0 Å². The van der Waals surface area contributed by atoms with Gasteiger partial charge in [0, 0.05) is 17.6 Å². The van der Waals surface area contributed by atoms with Crippen molar-refractivity contribution in [3.05, 3.63) is 68.0 Å². The van der Waals surface area contributed by atoms with E-state index in [4.69, 9.17) is 9.52 Å². The summed E-state index contributed by atoms with van der Waals surface area (Å²) >= 11 is 0. The summed E-state index contributed by atoms with van der Waals surface area (Å²) in [5, 5.41) is 3.92. The molecule has 160 valence electrons. The Kier molecular flexibility index (Phi) is 6.45. The lowest BCUT2D eigenvalue weighted by atomic mass is 9.95. The Balaban J connectivity index is 1.69. The van der Waals surface area contributed by atoms with Gasteiger partial charge >= 0.3 is 0 Å². The molecule has 1 aromatic heterocycles. The number of ether oxygens (including phenoxy) is 1. The fraction of sp³-hybridized carbons (Fsp3) is 0.364. The predicted molar refractivity (Wildman–Crippen MR) is 117 cm³/mol. The number of carbonyl (C=O) groups is 1. The van der Waals surface area contributed by atoms with E-state index in [9.17, 15) is 13.8 Å². The van der Waals surface area contributed by atoms with Crippen molar-refractivity contribution in [2.75, 3.05) is 13.7 Å². The van der Waals surface area contributed by atoms with Crippen molar-refractivity contribution in [3.8, 4) is 5.75 Å². The molecule has 0 spiro atoms. The smallest absolute Gasteiger partial charge is 0.261 e. The Labute approximate surface area is 176 Å². The Morgan fingerprint density at radius 3 is 2.57 bits per heavy atom. The first-order chi connectivity index (χ1) is 14.2. The Morgan fingerprint density at radius 1 is 1.23 bits per heavy atom. The highest BCUT2D eigenvalue weighted by atomic mass is 32.2. The normalized spacial score (nSPS) is 15.4. The SMILES string of the molecule is COc1c(C)cc(S(=N)(=O)/C=C/CNC(=O)c2cc3c([nH]c2=O)CCCC3)cc1C. The van der Waals surface area contributed by atoms with Crippen LogP contribution in [-0.4, -0.2) is 28.8 Å². The third-order valence-corrected chi connectivity index (χ3v) is 6.75. The molecule has 8 heteroatoms. The molecule has 1 amide bonds. The predicted octanol–water partition coefficient (Wildman–Crippen LogP) is 3.23. The van der Waals surface area contributed by atoms with Crippen molar-refractivity contribution in [2.45, 2.75) is 44.4 Å². The van der Waals surface area contributed by atoms with E-state index in [2.05, 4.69) is 10.3 Å². The number of hydrogen-bond acceptors (Lipinski definition) is 5. The standard InChI is InChI=1S/C22H27N3O4S/c1-14-11-17(12-15(2)20(14)29-3)30(23,28)10-6-9-24-21(26)18-13-16-7-4-5-8-19(16)25-22(18)27/h6,10-13,23H,4-5,7-9H2,1-3H3,(H,24,26)(H,25,27)/b10-6+. The van der Waals surface area contributed by atoms with Gasteiger partial charge in [-0.3, -0.25) is 9.59 Å². The molecule has 30 heavy (non-hydrogen) atoms. The monoisotopic (exact) mass is 429 g/mol. The van der Waals surface area contributed by atoms with E-state index in [0.29, 0.717) is 10.6 Å². The third kappa shape index (κ3) is 4.64. The van der Waals surface area contributed by atoms with Gasteiger partial charge in [-0.1, -0.05) is 6.08 Å². The van der Waals surface area contributed by atoms with Crippen molar-refractivity contribution in [1.29, 1.82) is 4.78 Å². The van der Waals surface area contributed by atoms with Crippen molar-refractivity contribution in [1.82, 2.24) is 10.3 Å². The van der Waals surface area contributed by atoms with Crippen molar-refractivity contribution >= 4 is 15.6 Å². The van der Waals surface area contributed by atoms with Crippen LogP contribution in [0.2, 0.25) is 0 Å². The molecule has 1 heterocycles. The van der Waals surface area contributed by atoms with Crippen LogP contribution in [-0.2, 0) is 22.6 Å². The second-order valence-electron chi connectivity index (χ2n) is 7.50. The molecule has 1 aliphatic carbocycles. The molecule has 0 radical (unpaired) electrons. The molecular weight excluding hydrogens is 402 g/mol. The van der Waals surface area contributed by atoms with Gasteiger partial charge in [-0.05, 0) is 74.4 Å². The maximum absolute atomic E-state index is 12.8. The van der Waals surface area contributed by atoms with Crippen LogP contribution >= 0.6 is 0 Å². The number of carbonyl (C=O) groups excluding carboxylic acids is 1. The van der Waals surface area contributed by atoms with E-state index in [1.165, 1.54) is 11.5 Å². The zero-order valence-corrected chi connectivity index (χ0v) is 18.3. The van der Waals surface area contributed by atoms with Crippen LogP contribution in [0.5, 0.6) is 5.75 Å². The number of benzene rings is 1. The number of H-pyrrole nitrogens is 1. The molecule has 1 aromatic carbocycles. The number of rotatable bonds is 6. The molecule has 0 saturated heterocycles. The minimum atomic E-state index is -3.17. The summed E-state index contributed by atoms with van der Waals surface area (Å²) in [4.78, 5) is 27.8. The van der Waals surface area contributed by atoms with Crippen LogP contribution in [0.4, 0.5) is 0 Å². The van der Waals surface area contributed by atoms with E-state index in [0.717, 1.165) is 48.1 Å². The summed E-state index contributed by atoms with van der Waals surface area (Å²) in [6, 6.07) is 5.02. The highest BCUT2D eigenvalue weighted by Crippen LogP contribution is 2.27. The first-order valence-corrected chi connectivity index (χ1v) is 11.5. The molecule has 3 N–H and O–H groups in total. The third-order valence-electron chi connectivity index (χ3n) is 5.24. The van der Waals surface area contributed by atoms with Gasteiger partial charge in [-0.25, -0.2) is 8.99 Å². The van der Waals surface area contributed by atoms with E-state index < -0.39 is 21.2 Å². The summed E-state index contributed by atoms with van der Waals surface area (Å²) < 4.78 is 26.3. The summed E-state index contributed by atoms with van der Waals surface area (Å²) in [6.07, 6.45) is 5.25. The molecule has 7 nitrogen and oxygen atoms in total.